The number of aromatic nitrogens is 1. The first kappa shape index (κ1) is 11.8. The number of hydrogen-bond donors (Lipinski definition) is 1. The molecule has 0 unspecified atom stereocenters. The third-order valence-electron chi connectivity index (χ3n) is 1.69. The summed E-state index contributed by atoms with van der Waals surface area (Å²) in [4.78, 5) is 15.7. The molecule has 0 saturated carbocycles. The van der Waals surface area contributed by atoms with Gasteiger partial charge in [-0.3, -0.25) is 4.79 Å². The van der Waals surface area contributed by atoms with E-state index in [1.165, 1.54) is 11.3 Å². The van der Waals surface area contributed by atoms with Crippen molar-refractivity contribution in [2.45, 2.75) is 33.6 Å². The largest absolute Gasteiger partial charge is 0.300 e. The molecule has 0 aliphatic carbocycles. The molecular formula is C10H15N3OS. The second-order valence-corrected chi connectivity index (χ2v) is 4.59. The lowest BCUT2D eigenvalue weighted by Crippen LogP contribution is -2.18. The van der Waals surface area contributed by atoms with E-state index in [0.29, 0.717) is 10.9 Å². The molecule has 4 nitrogen and oxygen atoms in total. The van der Waals surface area contributed by atoms with E-state index in [4.69, 9.17) is 0 Å². The van der Waals surface area contributed by atoms with Crippen LogP contribution in [0.15, 0.2) is 10.5 Å². The van der Waals surface area contributed by atoms with Crippen molar-refractivity contribution in [3.05, 3.63) is 16.1 Å². The summed E-state index contributed by atoms with van der Waals surface area (Å²) in [7, 11) is 0. The monoisotopic (exact) mass is 225 g/mol. The molecule has 0 atom stereocenters. The zero-order valence-electron chi connectivity index (χ0n) is 9.37. The maximum absolute atomic E-state index is 11.5. The fourth-order valence-corrected chi connectivity index (χ4v) is 1.73. The maximum atomic E-state index is 11.5. The molecule has 1 rings (SSSR count). The van der Waals surface area contributed by atoms with Crippen LogP contribution in [0.3, 0.4) is 0 Å². The zero-order chi connectivity index (χ0) is 11.4. The van der Waals surface area contributed by atoms with Gasteiger partial charge in [0.15, 0.2) is 5.01 Å². The molecule has 82 valence electrons. The standard InChI is InChI=1S/C10H15N3OS/c1-6(2)8-5-15-10(11-8)9(14)13-12-7(3)4/h5-6H,1-4H3,(H,13,14). The van der Waals surface area contributed by atoms with Crippen LogP contribution >= 0.6 is 11.3 Å². The maximum Gasteiger partial charge on any atom is 0.300 e. The molecule has 0 aliphatic rings. The van der Waals surface area contributed by atoms with Gasteiger partial charge in [-0.1, -0.05) is 13.8 Å². The molecule has 1 amide bonds. The van der Waals surface area contributed by atoms with E-state index < -0.39 is 0 Å². The van der Waals surface area contributed by atoms with Crippen LogP contribution in [-0.4, -0.2) is 16.6 Å². The summed E-state index contributed by atoms with van der Waals surface area (Å²) >= 11 is 1.35. The molecule has 0 aromatic carbocycles. The summed E-state index contributed by atoms with van der Waals surface area (Å²) in [6, 6.07) is 0. The molecule has 0 spiro atoms. The molecule has 1 N–H and O–H groups in total. The SMILES string of the molecule is CC(C)=NNC(=O)c1nc(C(C)C)cs1. The van der Waals surface area contributed by atoms with Crippen LogP contribution in [0.2, 0.25) is 0 Å². The molecular weight excluding hydrogens is 210 g/mol. The lowest BCUT2D eigenvalue weighted by atomic mass is 10.2. The van der Waals surface area contributed by atoms with Crippen LogP contribution in [0, 0.1) is 0 Å². The van der Waals surface area contributed by atoms with E-state index in [1.54, 1.807) is 0 Å². The van der Waals surface area contributed by atoms with Crippen molar-refractivity contribution < 1.29 is 4.79 Å². The van der Waals surface area contributed by atoms with Crippen molar-refractivity contribution in [1.29, 1.82) is 0 Å². The summed E-state index contributed by atoms with van der Waals surface area (Å²) in [6.45, 7) is 7.74. The predicted molar refractivity (Wildman–Crippen MR) is 62.5 cm³/mol. The quantitative estimate of drug-likeness (QED) is 0.634. The number of nitrogens with one attached hydrogen (secondary N) is 1. The minimum atomic E-state index is -0.242. The second-order valence-electron chi connectivity index (χ2n) is 3.73. The second kappa shape index (κ2) is 5.02. The lowest BCUT2D eigenvalue weighted by Gasteiger charge is -1.97. The van der Waals surface area contributed by atoms with Gasteiger partial charge in [0, 0.05) is 11.1 Å². The zero-order valence-corrected chi connectivity index (χ0v) is 10.2. The normalized spacial score (nSPS) is 10.2. The van der Waals surface area contributed by atoms with Gasteiger partial charge in [-0.2, -0.15) is 5.10 Å². The van der Waals surface area contributed by atoms with Crippen molar-refractivity contribution in [3.63, 3.8) is 0 Å². The van der Waals surface area contributed by atoms with Crippen molar-refractivity contribution >= 4 is 23.0 Å². The molecule has 0 radical (unpaired) electrons. The number of carbonyl (C=O) groups is 1. The summed E-state index contributed by atoms with van der Waals surface area (Å²) in [6.07, 6.45) is 0. The Hall–Kier alpha value is -1.23. The third-order valence-corrected chi connectivity index (χ3v) is 2.55. The van der Waals surface area contributed by atoms with Gasteiger partial charge in [0.1, 0.15) is 0 Å². The Labute approximate surface area is 93.4 Å². The highest BCUT2D eigenvalue weighted by Crippen LogP contribution is 2.17. The van der Waals surface area contributed by atoms with Crippen LogP contribution in [-0.2, 0) is 0 Å². The number of amides is 1. The number of nitrogens with zero attached hydrogens (tertiary/aromatic N) is 2. The Balaban J connectivity index is 2.70. The minimum Gasteiger partial charge on any atom is -0.265 e. The van der Waals surface area contributed by atoms with E-state index >= 15 is 0 Å². The first-order valence-electron chi connectivity index (χ1n) is 4.77. The van der Waals surface area contributed by atoms with Gasteiger partial charge in [0.25, 0.3) is 5.91 Å². The fourth-order valence-electron chi connectivity index (χ4n) is 0.866. The molecule has 0 bridgehead atoms. The van der Waals surface area contributed by atoms with E-state index in [-0.39, 0.29) is 5.91 Å². The number of hydrazone groups is 1. The van der Waals surface area contributed by atoms with E-state index in [1.807, 2.05) is 33.1 Å². The Morgan fingerprint density at radius 3 is 2.67 bits per heavy atom. The van der Waals surface area contributed by atoms with Crippen LogP contribution in [0.4, 0.5) is 0 Å². The molecule has 5 heteroatoms. The topological polar surface area (TPSA) is 54.4 Å². The van der Waals surface area contributed by atoms with Crippen LogP contribution in [0.1, 0.15) is 49.1 Å². The molecule has 1 heterocycles. The first-order valence-corrected chi connectivity index (χ1v) is 5.65. The van der Waals surface area contributed by atoms with Gasteiger partial charge in [0.2, 0.25) is 0 Å². The molecule has 15 heavy (non-hydrogen) atoms. The van der Waals surface area contributed by atoms with Gasteiger partial charge in [-0.05, 0) is 19.8 Å². The molecule has 1 aromatic rings. The highest BCUT2D eigenvalue weighted by Gasteiger charge is 2.11. The summed E-state index contributed by atoms with van der Waals surface area (Å²) < 4.78 is 0. The van der Waals surface area contributed by atoms with Crippen molar-refractivity contribution in [2.24, 2.45) is 5.10 Å². The number of hydrogen-bond acceptors (Lipinski definition) is 4. The smallest absolute Gasteiger partial charge is 0.265 e. The van der Waals surface area contributed by atoms with Gasteiger partial charge in [0.05, 0.1) is 5.69 Å². The molecule has 0 saturated heterocycles. The van der Waals surface area contributed by atoms with E-state index in [2.05, 4.69) is 15.5 Å². The summed E-state index contributed by atoms with van der Waals surface area (Å²) in [5.41, 5.74) is 4.20. The van der Waals surface area contributed by atoms with E-state index in [0.717, 1.165) is 11.4 Å². The Morgan fingerprint density at radius 1 is 1.53 bits per heavy atom. The average molecular weight is 225 g/mol. The van der Waals surface area contributed by atoms with Crippen molar-refractivity contribution in [3.8, 4) is 0 Å². The number of rotatable bonds is 3. The van der Waals surface area contributed by atoms with Crippen LogP contribution in [0.5, 0.6) is 0 Å². The van der Waals surface area contributed by atoms with Gasteiger partial charge >= 0.3 is 0 Å². The number of thiazole rings is 1. The van der Waals surface area contributed by atoms with Gasteiger partial charge < -0.3 is 0 Å². The van der Waals surface area contributed by atoms with Crippen LogP contribution < -0.4 is 5.43 Å². The Bertz CT molecular complexity index is 378. The Morgan fingerprint density at radius 2 is 2.20 bits per heavy atom. The van der Waals surface area contributed by atoms with Crippen LogP contribution in [0.25, 0.3) is 0 Å². The highest BCUT2D eigenvalue weighted by molar-refractivity contribution is 7.11. The lowest BCUT2D eigenvalue weighted by molar-refractivity contribution is 0.0954. The first-order chi connectivity index (χ1) is 7.00. The molecule has 0 fully saturated rings. The summed E-state index contributed by atoms with van der Waals surface area (Å²) in [5.74, 6) is 0.104. The van der Waals surface area contributed by atoms with Gasteiger partial charge in [-0.15, -0.1) is 11.3 Å². The minimum absolute atomic E-state index is 0.242. The van der Waals surface area contributed by atoms with E-state index in [9.17, 15) is 4.79 Å². The number of carbonyl (C=O) groups excluding carboxylic acids is 1. The molecule has 1 aromatic heterocycles. The third kappa shape index (κ3) is 3.43. The van der Waals surface area contributed by atoms with Crippen molar-refractivity contribution in [2.75, 3.05) is 0 Å². The Kier molecular flexibility index (Phi) is 3.96. The van der Waals surface area contributed by atoms with Gasteiger partial charge in [-0.25, -0.2) is 10.4 Å². The van der Waals surface area contributed by atoms with Crippen molar-refractivity contribution in [1.82, 2.24) is 10.4 Å². The molecule has 0 aliphatic heterocycles. The summed E-state index contributed by atoms with van der Waals surface area (Å²) in [5, 5.41) is 6.21. The highest BCUT2D eigenvalue weighted by atomic mass is 32.1. The predicted octanol–water partition coefficient (Wildman–Crippen LogP) is 2.39. The fraction of sp³-hybridized carbons (Fsp3) is 0.500. The average Bonchev–Trinajstić information content (AvgIpc) is 2.62.